The van der Waals surface area contributed by atoms with E-state index in [-0.39, 0.29) is 28.3 Å². The number of rotatable bonds is 2. The molecule has 9 heteroatoms. The van der Waals surface area contributed by atoms with Crippen LogP contribution in [-0.2, 0) is 4.74 Å². The number of carbonyl (C=O) groups excluding carboxylic acids is 1. The number of aromatic nitrogens is 1. The third-order valence-corrected chi connectivity index (χ3v) is 3.49. The molecule has 2 aromatic rings. The van der Waals surface area contributed by atoms with E-state index in [2.05, 4.69) is 15.0 Å². The average molecular weight is 366 g/mol. The number of nitrogen functional groups attached to an aromatic ring is 1. The lowest BCUT2D eigenvalue weighted by Crippen LogP contribution is -2.35. The van der Waals surface area contributed by atoms with E-state index < -0.39 is 23.9 Å². The molecule has 6 nitrogen and oxygen atoms in total. The summed E-state index contributed by atoms with van der Waals surface area (Å²) in [7, 11) is 0. The Labute approximate surface area is 147 Å². The molecule has 0 aliphatic carbocycles. The summed E-state index contributed by atoms with van der Waals surface area (Å²) >= 11 is 0. The monoisotopic (exact) mass is 366 g/mol. The molecule has 3 rings (SSSR count). The number of pyridine rings is 1. The van der Waals surface area contributed by atoms with Crippen LogP contribution in [0.2, 0.25) is 0 Å². The molecule has 1 atom stereocenters. The number of anilines is 2. The standard InChI is InChI=1S/C15H11F3N4O2.C2H6/c16-15(17,18)12-10-8(5-6-21-13(10)22-14(23)24-12)11(20)7-3-1-2-4-9(7)19;1-2/h1-6,12,20H,19H2,(H,21,22,23);1-2H3. The van der Waals surface area contributed by atoms with Crippen LogP contribution in [0.1, 0.15) is 36.6 Å². The number of nitrogens with one attached hydrogen (secondary N) is 2. The quantitative estimate of drug-likeness (QED) is 0.546. The second-order valence-electron chi connectivity index (χ2n) is 5.04. The fourth-order valence-electron chi connectivity index (χ4n) is 2.45. The summed E-state index contributed by atoms with van der Waals surface area (Å²) in [5.41, 5.74) is 5.60. The predicted octanol–water partition coefficient (Wildman–Crippen LogP) is 4.27. The van der Waals surface area contributed by atoms with E-state index in [1.165, 1.54) is 24.4 Å². The summed E-state index contributed by atoms with van der Waals surface area (Å²) in [5, 5.41) is 10.4. The normalized spacial score (nSPS) is 15.7. The highest BCUT2D eigenvalue weighted by Crippen LogP contribution is 2.43. The van der Waals surface area contributed by atoms with E-state index >= 15 is 0 Å². The van der Waals surface area contributed by atoms with Gasteiger partial charge in [0.05, 0.1) is 11.3 Å². The molecule has 0 saturated heterocycles. The lowest BCUT2D eigenvalue weighted by atomic mass is 9.94. The molecular weight excluding hydrogens is 349 g/mol. The summed E-state index contributed by atoms with van der Waals surface area (Å²) in [6.07, 6.45) is -7.39. The van der Waals surface area contributed by atoms with E-state index in [1.54, 1.807) is 12.1 Å². The van der Waals surface area contributed by atoms with Crippen LogP contribution in [0.3, 0.4) is 0 Å². The minimum absolute atomic E-state index is 0.0692. The number of benzene rings is 1. The maximum absolute atomic E-state index is 13.3. The van der Waals surface area contributed by atoms with Gasteiger partial charge >= 0.3 is 12.3 Å². The van der Waals surface area contributed by atoms with Gasteiger partial charge in [-0.2, -0.15) is 13.2 Å². The molecule has 4 N–H and O–H groups in total. The molecule has 0 radical (unpaired) electrons. The van der Waals surface area contributed by atoms with Crippen LogP contribution in [0, 0.1) is 5.41 Å². The van der Waals surface area contributed by atoms with Gasteiger partial charge in [0.15, 0.2) is 0 Å². The second kappa shape index (κ2) is 7.42. The zero-order valence-corrected chi connectivity index (χ0v) is 14.0. The van der Waals surface area contributed by atoms with Gasteiger partial charge in [0.1, 0.15) is 5.82 Å². The minimum atomic E-state index is -4.84. The van der Waals surface area contributed by atoms with Gasteiger partial charge in [0, 0.05) is 23.0 Å². The molecule has 2 heterocycles. The smallest absolute Gasteiger partial charge is 0.430 e. The minimum Gasteiger partial charge on any atom is -0.431 e. The Morgan fingerprint density at radius 3 is 2.50 bits per heavy atom. The molecule has 0 spiro atoms. The van der Waals surface area contributed by atoms with Crippen molar-refractivity contribution in [2.24, 2.45) is 0 Å². The first kappa shape index (κ1) is 19.2. The Balaban J connectivity index is 0.00000117. The number of hydrogen-bond acceptors (Lipinski definition) is 5. The van der Waals surface area contributed by atoms with Crippen molar-refractivity contribution in [2.75, 3.05) is 11.1 Å². The second-order valence-corrected chi connectivity index (χ2v) is 5.04. The number of amides is 1. The first-order valence-electron chi connectivity index (χ1n) is 7.76. The zero-order chi connectivity index (χ0) is 19.5. The zero-order valence-electron chi connectivity index (χ0n) is 14.0. The van der Waals surface area contributed by atoms with Crippen molar-refractivity contribution >= 4 is 23.3 Å². The number of alkyl halides is 3. The Bertz CT molecular complexity index is 837. The van der Waals surface area contributed by atoms with Gasteiger partial charge in [0.25, 0.3) is 0 Å². The Morgan fingerprint density at radius 2 is 1.88 bits per heavy atom. The van der Waals surface area contributed by atoms with Crippen LogP contribution in [0.25, 0.3) is 0 Å². The van der Waals surface area contributed by atoms with Crippen LogP contribution in [0.4, 0.5) is 29.5 Å². The van der Waals surface area contributed by atoms with E-state index in [0.717, 1.165) is 0 Å². The first-order valence-corrected chi connectivity index (χ1v) is 7.76. The van der Waals surface area contributed by atoms with Crippen molar-refractivity contribution in [2.45, 2.75) is 26.1 Å². The lowest BCUT2D eigenvalue weighted by Gasteiger charge is -2.29. The van der Waals surface area contributed by atoms with E-state index in [4.69, 9.17) is 11.1 Å². The van der Waals surface area contributed by atoms with Crippen molar-refractivity contribution in [3.8, 4) is 0 Å². The van der Waals surface area contributed by atoms with Crippen LogP contribution < -0.4 is 11.1 Å². The molecule has 0 saturated carbocycles. The number of carbonyl (C=O) groups is 1. The molecule has 1 amide bonds. The van der Waals surface area contributed by atoms with E-state index in [1.807, 2.05) is 13.8 Å². The molecule has 1 aliphatic heterocycles. The molecule has 138 valence electrons. The summed E-state index contributed by atoms with van der Waals surface area (Å²) in [4.78, 5) is 15.1. The van der Waals surface area contributed by atoms with Crippen LogP contribution in [0.5, 0.6) is 0 Å². The van der Waals surface area contributed by atoms with Crippen molar-refractivity contribution in [3.63, 3.8) is 0 Å². The van der Waals surface area contributed by atoms with Gasteiger partial charge in [0.2, 0.25) is 6.10 Å². The Morgan fingerprint density at radius 1 is 1.23 bits per heavy atom. The van der Waals surface area contributed by atoms with Crippen LogP contribution >= 0.6 is 0 Å². The number of hydrogen-bond donors (Lipinski definition) is 3. The van der Waals surface area contributed by atoms with Crippen molar-refractivity contribution in [3.05, 3.63) is 53.2 Å². The molecule has 0 fully saturated rings. The molecule has 1 aromatic carbocycles. The van der Waals surface area contributed by atoms with E-state index in [0.29, 0.717) is 0 Å². The highest BCUT2D eigenvalue weighted by molar-refractivity contribution is 6.15. The Kier molecular flexibility index (Phi) is 5.49. The maximum Gasteiger partial charge on any atom is 0.430 e. The van der Waals surface area contributed by atoms with Crippen molar-refractivity contribution in [1.29, 1.82) is 5.41 Å². The maximum atomic E-state index is 13.3. The van der Waals surface area contributed by atoms with Crippen molar-refractivity contribution < 1.29 is 22.7 Å². The third kappa shape index (κ3) is 3.61. The fraction of sp³-hybridized carbons (Fsp3) is 0.235. The van der Waals surface area contributed by atoms with Gasteiger partial charge < -0.3 is 10.5 Å². The summed E-state index contributed by atoms with van der Waals surface area (Å²) in [6.45, 7) is 4.00. The highest BCUT2D eigenvalue weighted by Gasteiger charge is 2.49. The van der Waals surface area contributed by atoms with Crippen LogP contribution in [-0.4, -0.2) is 23.0 Å². The SMILES string of the molecule is CC.N=C(c1ccccc1N)c1ccnc2c1C(C(F)(F)F)OC(=O)N2. The Hall–Kier alpha value is -3.10. The lowest BCUT2D eigenvalue weighted by molar-refractivity contribution is -0.206. The highest BCUT2D eigenvalue weighted by atomic mass is 19.4. The molecule has 1 unspecified atom stereocenters. The number of fused-ring (bicyclic) bond motifs is 1. The van der Waals surface area contributed by atoms with Gasteiger partial charge in [-0.25, -0.2) is 9.78 Å². The largest absolute Gasteiger partial charge is 0.431 e. The van der Waals surface area contributed by atoms with Crippen LogP contribution in [0.15, 0.2) is 36.5 Å². The molecule has 1 aromatic heterocycles. The summed E-state index contributed by atoms with van der Waals surface area (Å²) < 4.78 is 44.3. The third-order valence-electron chi connectivity index (χ3n) is 3.49. The van der Waals surface area contributed by atoms with E-state index in [9.17, 15) is 18.0 Å². The average Bonchev–Trinajstić information content (AvgIpc) is 2.61. The molecule has 1 aliphatic rings. The summed E-state index contributed by atoms with van der Waals surface area (Å²) in [5.74, 6) is -0.287. The van der Waals surface area contributed by atoms with Crippen molar-refractivity contribution in [1.82, 2.24) is 4.98 Å². The molecule has 26 heavy (non-hydrogen) atoms. The number of cyclic esters (lactones) is 1. The number of nitrogens with two attached hydrogens (primary N) is 1. The van der Waals surface area contributed by atoms with Gasteiger partial charge in [-0.1, -0.05) is 32.0 Å². The van der Waals surface area contributed by atoms with Gasteiger partial charge in [-0.3, -0.25) is 10.7 Å². The number of halogens is 3. The number of nitrogens with zero attached hydrogens (tertiary/aromatic N) is 1. The molecular formula is C17H17F3N4O2. The van der Waals surface area contributed by atoms with Gasteiger partial charge in [-0.15, -0.1) is 0 Å². The summed E-state index contributed by atoms with van der Waals surface area (Å²) in [6, 6.07) is 7.59. The fourth-order valence-corrected chi connectivity index (χ4v) is 2.45. The topological polar surface area (TPSA) is 101 Å². The predicted molar refractivity (Wildman–Crippen MR) is 91.3 cm³/mol. The molecule has 0 bridgehead atoms. The van der Waals surface area contributed by atoms with Gasteiger partial charge in [-0.05, 0) is 12.1 Å². The first-order chi connectivity index (χ1) is 12.3. The number of para-hydroxylation sites is 1. The number of ether oxygens (including phenoxy) is 1.